The molecule has 6 heteroatoms. The standard InChI is InChI=1S/C11H15FN2O3/c1-11(17,6-15)5-14-10(16)7-3-2-4-8(12)9(7)13/h2-4,15,17H,5-6,13H2,1H3,(H,14,16). The predicted octanol–water partition coefficient (Wildman–Crippen LogP) is -0.119. The lowest BCUT2D eigenvalue weighted by Gasteiger charge is -2.20. The fourth-order valence-electron chi connectivity index (χ4n) is 1.16. The number of amides is 1. The van der Waals surface area contributed by atoms with Crippen molar-refractivity contribution in [3.8, 4) is 0 Å². The second kappa shape index (κ2) is 5.11. The van der Waals surface area contributed by atoms with Crippen molar-refractivity contribution in [3.63, 3.8) is 0 Å². The molecule has 0 saturated heterocycles. The zero-order chi connectivity index (χ0) is 13.1. The van der Waals surface area contributed by atoms with Crippen LogP contribution in [0, 0.1) is 5.82 Å². The normalized spacial score (nSPS) is 14.1. The number of rotatable bonds is 4. The Kier molecular flexibility index (Phi) is 4.03. The van der Waals surface area contributed by atoms with Gasteiger partial charge in [-0.05, 0) is 19.1 Å². The Morgan fingerprint density at radius 2 is 2.24 bits per heavy atom. The van der Waals surface area contributed by atoms with Crippen molar-refractivity contribution in [1.82, 2.24) is 5.32 Å². The number of hydrogen-bond donors (Lipinski definition) is 4. The van der Waals surface area contributed by atoms with E-state index in [0.717, 1.165) is 6.07 Å². The summed E-state index contributed by atoms with van der Waals surface area (Å²) in [5, 5.41) is 20.6. The van der Waals surface area contributed by atoms with E-state index < -0.39 is 23.9 Å². The van der Waals surface area contributed by atoms with Crippen LogP contribution in [0.5, 0.6) is 0 Å². The van der Waals surface area contributed by atoms with Gasteiger partial charge in [0.1, 0.15) is 11.4 Å². The maximum atomic E-state index is 13.1. The van der Waals surface area contributed by atoms with Crippen molar-refractivity contribution in [3.05, 3.63) is 29.6 Å². The van der Waals surface area contributed by atoms with Gasteiger partial charge in [0.05, 0.1) is 17.9 Å². The number of anilines is 1. The monoisotopic (exact) mass is 242 g/mol. The molecule has 0 aliphatic rings. The molecule has 1 unspecified atom stereocenters. The first-order valence-corrected chi connectivity index (χ1v) is 5.03. The summed E-state index contributed by atoms with van der Waals surface area (Å²) in [7, 11) is 0. The summed E-state index contributed by atoms with van der Waals surface area (Å²) < 4.78 is 13.1. The molecule has 1 atom stereocenters. The van der Waals surface area contributed by atoms with E-state index in [-0.39, 0.29) is 17.8 Å². The Labute approximate surface area is 98.1 Å². The van der Waals surface area contributed by atoms with Gasteiger partial charge in [-0.2, -0.15) is 0 Å². The first-order valence-electron chi connectivity index (χ1n) is 5.03. The number of halogens is 1. The number of aliphatic hydroxyl groups is 2. The Balaban J connectivity index is 2.74. The highest BCUT2D eigenvalue weighted by atomic mass is 19.1. The van der Waals surface area contributed by atoms with Crippen molar-refractivity contribution in [2.45, 2.75) is 12.5 Å². The van der Waals surface area contributed by atoms with Gasteiger partial charge < -0.3 is 21.3 Å². The van der Waals surface area contributed by atoms with E-state index in [9.17, 15) is 14.3 Å². The number of nitrogens with two attached hydrogens (primary N) is 1. The van der Waals surface area contributed by atoms with Gasteiger partial charge in [-0.25, -0.2) is 4.39 Å². The molecule has 1 rings (SSSR count). The summed E-state index contributed by atoms with van der Waals surface area (Å²) in [6.07, 6.45) is 0. The lowest BCUT2D eigenvalue weighted by molar-refractivity contribution is 0.00320. The van der Waals surface area contributed by atoms with E-state index >= 15 is 0 Å². The summed E-state index contributed by atoms with van der Waals surface area (Å²) >= 11 is 0. The average molecular weight is 242 g/mol. The molecular weight excluding hydrogens is 227 g/mol. The minimum atomic E-state index is -1.42. The van der Waals surface area contributed by atoms with Crippen LogP contribution in [0.2, 0.25) is 0 Å². The molecule has 0 spiro atoms. The summed E-state index contributed by atoms with van der Waals surface area (Å²) in [6.45, 7) is 0.715. The van der Waals surface area contributed by atoms with Crippen LogP contribution in [0.4, 0.5) is 10.1 Å². The molecular formula is C11H15FN2O3. The zero-order valence-corrected chi connectivity index (χ0v) is 9.40. The second-order valence-corrected chi connectivity index (χ2v) is 4.04. The SMILES string of the molecule is CC(O)(CO)CNC(=O)c1cccc(F)c1N. The van der Waals surface area contributed by atoms with Crippen LogP contribution in [0.25, 0.3) is 0 Å². The number of carbonyl (C=O) groups is 1. The molecule has 0 heterocycles. The molecule has 5 nitrogen and oxygen atoms in total. The van der Waals surface area contributed by atoms with Gasteiger partial charge in [0, 0.05) is 6.54 Å². The highest BCUT2D eigenvalue weighted by Gasteiger charge is 2.21. The summed E-state index contributed by atoms with van der Waals surface area (Å²) in [5.74, 6) is -1.28. The van der Waals surface area contributed by atoms with Crippen molar-refractivity contribution in [2.75, 3.05) is 18.9 Å². The highest BCUT2D eigenvalue weighted by molar-refractivity contribution is 5.99. The summed E-state index contributed by atoms with van der Waals surface area (Å²) in [4.78, 5) is 11.6. The van der Waals surface area contributed by atoms with E-state index in [1.54, 1.807) is 0 Å². The van der Waals surface area contributed by atoms with Crippen LogP contribution in [-0.2, 0) is 0 Å². The van der Waals surface area contributed by atoms with Crippen LogP contribution in [-0.4, -0.2) is 34.9 Å². The largest absolute Gasteiger partial charge is 0.396 e. The molecule has 1 aromatic carbocycles. The maximum Gasteiger partial charge on any atom is 0.253 e. The number of aliphatic hydroxyl groups excluding tert-OH is 1. The molecule has 1 amide bonds. The number of nitrogens with one attached hydrogen (secondary N) is 1. The number of carbonyl (C=O) groups excluding carboxylic acids is 1. The van der Waals surface area contributed by atoms with E-state index in [0.29, 0.717) is 0 Å². The quantitative estimate of drug-likeness (QED) is 0.553. The van der Waals surface area contributed by atoms with Gasteiger partial charge in [-0.15, -0.1) is 0 Å². The maximum absolute atomic E-state index is 13.1. The number of para-hydroxylation sites is 1. The lowest BCUT2D eigenvalue weighted by Crippen LogP contribution is -2.43. The lowest BCUT2D eigenvalue weighted by atomic mass is 10.1. The van der Waals surface area contributed by atoms with Gasteiger partial charge in [-0.1, -0.05) is 6.07 Å². The topological polar surface area (TPSA) is 95.6 Å². The number of hydrogen-bond acceptors (Lipinski definition) is 4. The Bertz CT molecular complexity index is 421. The molecule has 17 heavy (non-hydrogen) atoms. The first kappa shape index (κ1) is 13.4. The van der Waals surface area contributed by atoms with Crippen molar-refractivity contribution in [1.29, 1.82) is 0 Å². The Morgan fingerprint density at radius 1 is 1.59 bits per heavy atom. The number of nitrogen functional groups attached to an aromatic ring is 1. The predicted molar refractivity (Wildman–Crippen MR) is 60.9 cm³/mol. The Hall–Kier alpha value is -1.66. The molecule has 0 aliphatic carbocycles. The van der Waals surface area contributed by atoms with Crippen molar-refractivity contribution >= 4 is 11.6 Å². The van der Waals surface area contributed by atoms with Crippen LogP contribution >= 0.6 is 0 Å². The van der Waals surface area contributed by atoms with Crippen LogP contribution in [0.1, 0.15) is 17.3 Å². The summed E-state index contributed by atoms with van der Waals surface area (Å²) in [5.41, 5.74) is 3.75. The Morgan fingerprint density at radius 3 is 2.82 bits per heavy atom. The molecule has 1 aromatic rings. The molecule has 0 bridgehead atoms. The zero-order valence-electron chi connectivity index (χ0n) is 9.40. The molecule has 94 valence electrons. The molecule has 0 aromatic heterocycles. The third-order valence-electron chi connectivity index (χ3n) is 2.27. The van der Waals surface area contributed by atoms with Crippen LogP contribution in [0.15, 0.2) is 18.2 Å². The summed E-state index contributed by atoms with van der Waals surface area (Å²) in [6, 6.07) is 3.89. The van der Waals surface area contributed by atoms with Crippen LogP contribution < -0.4 is 11.1 Å². The van der Waals surface area contributed by atoms with Gasteiger partial charge in [0.25, 0.3) is 5.91 Å². The van der Waals surface area contributed by atoms with Crippen molar-refractivity contribution < 1.29 is 19.4 Å². The smallest absolute Gasteiger partial charge is 0.253 e. The molecule has 0 saturated carbocycles. The van der Waals surface area contributed by atoms with E-state index in [1.807, 2.05) is 0 Å². The van der Waals surface area contributed by atoms with Crippen LogP contribution in [0.3, 0.4) is 0 Å². The molecule has 5 N–H and O–H groups in total. The van der Waals surface area contributed by atoms with E-state index in [4.69, 9.17) is 10.8 Å². The second-order valence-electron chi connectivity index (χ2n) is 4.04. The first-order chi connectivity index (χ1) is 7.87. The van der Waals surface area contributed by atoms with Gasteiger partial charge >= 0.3 is 0 Å². The molecule has 0 radical (unpaired) electrons. The fourth-order valence-corrected chi connectivity index (χ4v) is 1.16. The van der Waals surface area contributed by atoms with Gasteiger partial charge in [0.2, 0.25) is 0 Å². The average Bonchev–Trinajstić information content (AvgIpc) is 2.30. The minimum Gasteiger partial charge on any atom is -0.396 e. The molecule has 0 aliphatic heterocycles. The molecule has 0 fully saturated rings. The fraction of sp³-hybridized carbons (Fsp3) is 0.364. The number of benzene rings is 1. The van der Waals surface area contributed by atoms with Gasteiger partial charge in [-0.3, -0.25) is 4.79 Å². The van der Waals surface area contributed by atoms with E-state index in [2.05, 4.69) is 5.32 Å². The highest BCUT2D eigenvalue weighted by Crippen LogP contribution is 2.15. The third kappa shape index (κ3) is 3.40. The van der Waals surface area contributed by atoms with Crippen molar-refractivity contribution in [2.24, 2.45) is 0 Å². The van der Waals surface area contributed by atoms with E-state index in [1.165, 1.54) is 19.1 Å². The van der Waals surface area contributed by atoms with Gasteiger partial charge in [0.15, 0.2) is 0 Å². The minimum absolute atomic E-state index is 0.00117. The third-order valence-corrected chi connectivity index (χ3v) is 2.27.